The highest BCUT2D eigenvalue weighted by Crippen LogP contribution is 2.22. The summed E-state index contributed by atoms with van der Waals surface area (Å²) in [7, 11) is 0. The molecule has 7 heteroatoms. The van der Waals surface area contributed by atoms with Gasteiger partial charge in [0.25, 0.3) is 11.8 Å². The molecule has 2 aromatic rings. The number of nitrogens with one attached hydrogen (secondary N) is 1. The van der Waals surface area contributed by atoms with Gasteiger partial charge in [-0.15, -0.1) is 0 Å². The fraction of sp³-hybridized carbons (Fsp3) is 0.235. The van der Waals surface area contributed by atoms with Gasteiger partial charge in [-0.25, -0.2) is 4.98 Å². The van der Waals surface area contributed by atoms with E-state index >= 15 is 0 Å². The van der Waals surface area contributed by atoms with Crippen molar-refractivity contribution in [2.24, 2.45) is 0 Å². The first-order valence-electron chi connectivity index (χ1n) is 7.48. The highest BCUT2D eigenvalue weighted by molar-refractivity contribution is 6.35. The van der Waals surface area contributed by atoms with Crippen LogP contribution in [0.2, 0.25) is 10.0 Å². The zero-order valence-corrected chi connectivity index (χ0v) is 14.9. The average Bonchev–Trinajstić information content (AvgIpc) is 2.55. The quantitative estimate of drug-likeness (QED) is 0.866. The second-order valence-electron chi connectivity index (χ2n) is 5.00. The molecule has 0 saturated carbocycles. The lowest BCUT2D eigenvalue weighted by atomic mass is 10.2. The zero-order chi connectivity index (χ0) is 17.7. The highest BCUT2D eigenvalue weighted by Gasteiger charge is 2.16. The fourth-order valence-corrected chi connectivity index (χ4v) is 2.70. The number of halogens is 2. The van der Waals surface area contributed by atoms with E-state index in [9.17, 15) is 9.59 Å². The summed E-state index contributed by atoms with van der Waals surface area (Å²) in [6.07, 6.45) is 0. The van der Waals surface area contributed by atoms with Crippen LogP contribution >= 0.6 is 23.2 Å². The number of benzene rings is 1. The molecule has 1 aromatic carbocycles. The number of aromatic nitrogens is 1. The Balaban J connectivity index is 2.21. The van der Waals surface area contributed by atoms with Gasteiger partial charge in [-0.05, 0) is 44.2 Å². The van der Waals surface area contributed by atoms with Gasteiger partial charge in [0.15, 0.2) is 0 Å². The van der Waals surface area contributed by atoms with E-state index in [1.54, 1.807) is 41.3 Å². The van der Waals surface area contributed by atoms with Crippen LogP contribution in [0, 0.1) is 0 Å². The molecule has 0 fully saturated rings. The predicted molar refractivity (Wildman–Crippen MR) is 95.9 cm³/mol. The molecule has 0 aliphatic rings. The van der Waals surface area contributed by atoms with Crippen molar-refractivity contribution in [3.05, 3.63) is 57.8 Å². The van der Waals surface area contributed by atoms with Crippen LogP contribution in [-0.4, -0.2) is 34.8 Å². The van der Waals surface area contributed by atoms with Crippen LogP contribution in [0.3, 0.4) is 0 Å². The summed E-state index contributed by atoms with van der Waals surface area (Å²) in [4.78, 5) is 30.5. The molecule has 0 unspecified atom stereocenters. The Morgan fingerprint density at radius 2 is 1.62 bits per heavy atom. The molecule has 24 heavy (non-hydrogen) atoms. The lowest BCUT2D eigenvalue weighted by molar-refractivity contribution is 0.0767. The number of pyridine rings is 1. The SMILES string of the molecule is CCN(CC)C(=O)c1cccc(C(=O)Nc2cc(Cl)cc(Cl)c2)n1. The Bertz CT molecular complexity index is 741. The molecule has 0 aliphatic carbocycles. The molecular weight excluding hydrogens is 349 g/mol. The Hall–Kier alpha value is -2.11. The van der Waals surface area contributed by atoms with Crippen LogP contribution in [0.25, 0.3) is 0 Å². The van der Waals surface area contributed by atoms with E-state index in [0.29, 0.717) is 28.8 Å². The molecule has 5 nitrogen and oxygen atoms in total. The monoisotopic (exact) mass is 365 g/mol. The number of carbonyl (C=O) groups is 2. The topological polar surface area (TPSA) is 62.3 Å². The third-order valence-corrected chi connectivity index (χ3v) is 3.81. The summed E-state index contributed by atoms with van der Waals surface area (Å²) < 4.78 is 0. The number of rotatable bonds is 5. The molecule has 0 bridgehead atoms. The van der Waals surface area contributed by atoms with Crippen LogP contribution in [0.4, 0.5) is 5.69 Å². The molecule has 0 aliphatic heterocycles. The van der Waals surface area contributed by atoms with Crippen molar-refractivity contribution >= 4 is 40.7 Å². The predicted octanol–water partition coefficient (Wildman–Crippen LogP) is 4.12. The highest BCUT2D eigenvalue weighted by atomic mass is 35.5. The zero-order valence-electron chi connectivity index (χ0n) is 13.3. The number of carbonyl (C=O) groups excluding carboxylic acids is 2. The van der Waals surface area contributed by atoms with Crippen molar-refractivity contribution in [1.82, 2.24) is 9.88 Å². The first-order chi connectivity index (χ1) is 11.4. The first kappa shape index (κ1) is 18.2. The number of anilines is 1. The van der Waals surface area contributed by atoms with E-state index in [-0.39, 0.29) is 17.3 Å². The number of amides is 2. The van der Waals surface area contributed by atoms with Gasteiger partial charge in [0.05, 0.1) is 0 Å². The van der Waals surface area contributed by atoms with Gasteiger partial charge in [-0.1, -0.05) is 29.3 Å². The van der Waals surface area contributed by atoms with E-state index in [1.165, 1.54) is 0 Å². The minimum atomic E-state index is -0.442. The summed E-state index contributed by atoms with van der Waals surface area (Å²) in [5.41, 5.74) is 0.833. The Labute approximate surface area is 150 Å². The third kappa shape index (κ3) is 4.46. The van der Waals surface area contributed by atoms with Crippen molar-refractivity contribution in [3.63, 3.8) is 0 Å². The summed E-state index contributed by atoms with van der Waals surface area (Å²) in [5, 5.41) is 3.49. The molecule has 0 spiro atoms. The van der Waals surface area contributed by atoms with Crippen LogP contribution in [-0.2, 0) is 0 Å². The molecule has 0 atom stereocenters. The molecule has 2 rings (SSSR count). The largest absolute Gasteiger partial charge is 0.338 e. The van der Waals surface area contributed by atoms with E-state index in [1.807, 2.05) is 13.8 Å². The van der Waals surface area contributed by atoms with Crippen LogP contribution in [0.1, 0.15) is 34.8 Å². The lowest BCUT2D eigenvalue weighted by Crippen LogP contribution is -2.31. The number of nitrogens with zero attached hydrogens (tertiary/aromatic N) is 2. The van der Waals surface area contributed by atoms with Gasteiger partial charge >= 0.3 is 0 Å². The van der Waals surface area contributed by atoms with Gasteiger partial charge in [0, 0.05) is 28.8 Å². The first-order valence-corrected chi connectivity index (χ1v) is 8.24. The average molecular weight is 366 g/mol. The summed E-state index contributed by atoms with van der Waals surface area (Å²) in [6, 6.07) is 9.49. The van der Waals surface area contributed by atoms with E-state index in [4.69, 9.17) is 23.2 Å². The van der Waals surface area contributed by atoms with Gasteiger partial charge in [-0.2, -0.15) is 0 Å². The van der Waals surface area contributed by atoms with Crippen LogP contribution in [0.5, 0.6) is 0 Å². The third-order valence-electron chi connectivity index (χ3n) is 3.37. The maximum absolute atomic E-state index is 12.3. The summed E-state index contributed by atoms with van der Waals surface area (Å²) in [5.74, 6) is -0.650. The van der Waals surface area contributed by atoms with Gasteiger partial charge in [-0.3, -0.25) is 9.59 Å². The van der Waals surface area contributed by atoms with Gasteiger partial charge < -0.3 is 10.2 Å². The van der Waals surface area contributed by atoms with Crippen molar-refractivity contribution < 1.29 is 9.59 Å². The lowest BCUT2D eigenvalue weighted by Gasteiger charge is -2.18. The smallest absolute Gasteiger partial charge is 0.274 e. The van der Waals surface area contributed by atoms with Gasteiger partial charge in [0.2, 0.25) is 0 Å². The minimum absolute atomic E-state index is 0.143. The number of hydrogen-bond acceptors (Lipinski definition) is 3. The normalized spacial score (nSPS) is 10.3. The molecule has 1 heterocycles. The maximum Gasteiger partial charge on any atom is 0.274 e. The standard InChI is InChI=1S/C17H17Cl2N3O2/c1-3-22(4-2)17(24)15-7-5-6-14(21-15)16(23)20-13-9-11(18)8-12(19)10-13/h5-10H,3-4H2,1-2H3,(H,20,23). The summed E-state index contributed by atoms with van der Waals surface area (Å²) in [6.45, 7) is 4.94. The van der Waals surface area contributed by atoms with E-state index in [2.05, 4.69) is 10.3 Å². The summed E-state index contributed by atoms with van der Waals surface area (Å²) >= 11 is 11.8. The Morgan fingerprint density at radius 1 is 1.04 bits per heavy atom. The molecule has 126 valence electrons. The maximum atomic E-state index is 12.3. The van der Waals surface area contributed by atoms with Gasteiger partial charge in [0.1, 0.15) is 11.4 Å². The number of hydrogen-bond donors (Lipinski definition) is 1. The van der Waals surface area contributed by atoms with Crippen molar-refractivity contribution in [3.8, 4) is 0 Å². The molecule has 0 saturated heterocycles. The second kappa shape index (κ2) is 8.13. The molecule has 1 aromatic heterocycles. The Morgan fingerprint density at radius 3 is 2.21 bits per heavy atom. The van der Waals surface area contributed by atoms with E-state index < -0.39 is 5.91 Å². The van der Waals surface area contributed by atoms with Crippen molar-refractivity contribution in [2.75, 3.05) is 18.4 Å². The van der Waals surface area contributed by atoms with Crippen LogP contribution < -0.4 is 5.32 Å². The molecular formula is C17H17Cl2N3O2. The molecule has 2 amide bonds. The molecule has 0 radical (unpaired) electrons. The van der Waals surface area contributed by atoms with Crippen LogP contribution in [0.15, 0.2) is 36.4 Å². The van der Waals surface area contributed by atoms with Crippen molar-refractivity contribution in [2.45, 2.75) is 13.8 Å². The fourth-order valence-electron chi connectivity index (χ4n) is 2.17. The molecule has 1 N–H and O–H groups in total. The second-order valence-corrected chi connectivity index (χ2v) is 5.87. The Kier molecular flexibility index (Phi) is 6.17. The minimum Gasteiger partial charge on any atom is -0.338 e. The van der Waals surface area contributed by atoms with Crippen molar-refractivity contribution in [1.29, 1.82) is 0 Å². The van der Waals surface area contributed by atoms with E-state index in [0.717, 1.165) is 0 Å².